The first kappa shape index (κ1) is 21.1. The first-order chi connectivity index (χ1) is 14.4. The van der Waals surface area contributed by atoms with Gasteiger partial charge in [-0.1, -0.05) is 41.9 Å². The van der Waals surface area contributed by atoms with E-state index in [9.17, 15) is 10.1 Å². The minimum atomic E-state index is -0.729. The van der Waals surface area contributed by atoms with Gasteiger partial charge in [0.05, 0.1) is 0 Å². The summed E-state index contributed by atoms with van der Waals surface area (Å²) in [6.45, 7) is 8.76. The predicted molar refractivity (Wildman–Crippen MR) is 112 cm³/mol. The van der Waals surface area contributed by atoms with Gasteiger partial charge in [0, 0.05) is 23.5 Å². The van der Waals surface area contributed by atoms with E-state index in [-0.39, 0.29) is 18.1 Å². The van der Waals surface area contributed by atoms with Crippen molar-refractivity contribution < 1.29 is 14.1 Å². The maximum Gasteiger partial charge on any atom is 0.349 e. The normalized spacial score (nSPS) is 11.4. The van der Waals surface area contributed by atoms with E-state index < -0.39 is 5.97 Å². The maximum atomic E-state index is 12.4. The number of aryl methyl sites for hydroxylation is 2. The third-order valence-corrected chi connectivity index (χ3v) is 4.80. The van der Waals surface area contributed by atoms with Gasteiger partial charge in [0.25, 0.3) is 5.89 Å². The van der Waals surface area contributed by atoms with Crippen molar-refractivity contribution in [2.45, 2.75) is 47.3 Å². The van der Waals surface area contributed by atoms with Crippen LogP contribution >= 0.6 is 0 Å². The van der Waals surface area contributed by atoms with E-state index in [0.29, 0.717) is 5.82 Å². The molecule has 0 bridgehead atoms. The van der Waals surface area contributed by atoms with Crippen LogP contribution in [0.4, 0.5) is 0 Å². The van der Waals surface area contributed by atoms with Crippen LogP contribution in [-0.2, 0) is 22.7 Å². The second-order valence-corrected chi connectivity index (χ2v) is 7.10. The number of hydrogen-bond acceptors (Lipinski definition) is 6. The molecule has 0 atom stereocenters. The molecule has 0 spiro atoms. The van der Waals surface area contributed by atoms with E-state index in [1.807, 2.05) is 57.2 Å². The molecule has 0 radical (unpaired) electrons. The molecule has 3 rings (SSSR count). The Balaban J connectivity index is 1.69. The van der Waals surface area contributed by atoms with Gasteiger partial charge in [-0.3, -0.25) is 0 Å². The molecule has 1 aromatic carbocycles. The SMILES string of the molecule is CCCn1c(C)cc(/C=C(\C#N)C(=O)OCc2nc(-c3ccc(C)cc3)no2)c1C. The topological polar surface area (TPSA) is 93.9 Å². The van der Waals surface area contributed by atoms with E-state index >= 15 is 0 Å². The molecule has 0 N–H and O–H groups in total. The van der Waals surface area contributed by atoms with Gasteiger partial charge in [-0.25, -0.2) is 4.79 Å². The maximum absolute atomic E-state index is 12.4. The molecule has 3 aromatic rings. The van der Waals surface area contributed by atoms with Crippen molar-refractivity contribution in [1.29, 1.82) is 5.26 Å². The van der Waals surface area contributed by atoms with Gasteiger partial charge in [-0.05, 0) is 44.9 Å². The van der Waals surface area contributed by atoms with Crippen molar-refractivity contribution in [3.63, 3.8) is 0 Å². The highest BCUT2D eigenvalue weighted by Crippen LogP contribution is 2.20. The second-order valence-electron chi connectivity index (χ2n) is 7.10. The van der Waals surface area contributed by atoms with Crippen LogP contribution in [-0.4, -0.2) is 20.7 Å². The van der Waals surface area contributed by atoms with Crippen LogP contribution < -0.4 is 0 Å². The van der Waals surface area contributed by atoms with Crippen LogP contribution in [0.2, 0.25) is 0 Å². The number of carbonyl (C=O) groups excluding carboxylic acids is 1. The van der Waals surface area contributed by atoms with Crippen LogP contribution in [0.25, 0.3) is 17.5 Å². The fraction of sp³-hybridized carbons (Fsp3) is 0.304. The molecular formula is C23H24N4O3. The molecule has 0 unspecified atom stereocenters. The number of esters is 1. The lowest BCUT2D eigenvalue weighted by atomic mass is 10.1. The lowest BCUT2D eigenvalue weighted by molar-refractivity contribution is -0.140. The molecule has 0 aliphatic carbocycles. The summed E-state index contributed by atoms with van der Waals surface area (Å²) in [5.41, 5.74) is 4.78. The highest BCUT2D eigenvalue weighted by molar-refractivity contribution is 5.98. The van der Waals surface area contributed by atoms with E-state index in [2.05, 4.69) is 21.6 Å². The van der Waals surface area contributed by atoms with Gasteiger partial charge < -0.3 is 13.8 Å². The van der Waals surface area contributed by atoms with Crippen molar-refractivity contribution in [1.82, 2.24) is 14.7 Å². The van der Waals surface area contributed by atoms with Gasteiger partial charge in [0.1, 0.15) is 11.6 Å². The lowest BCUT2D eigenvalue weighted by Crippen LogP contribution is -2.07. The van der Waals surface area contributed by atoms with E-state index in [0.717, 1.165) is 41.0 Å². The Kier molecular flexibility index (Phi) is 6.48. The van der Waals surface area contributed by atoms with E-state index in [1.54, 1.807) is 6.08 Å². The van der Waals surface area contributed by atoms with E-state index in [1.165, 1.54) is 0 Å². The Morgan fingerprint density at radius 2 is 2.00 bits per heavy atom. The fourth-order valence-corrected chi connectivity index (χ4v) is 3.17. The average Bonchev–Trinajstić information content (AvgIpc) is 3.31. The number of rotatable bonds is 7. The second kappa shape index (κ2) is 9.23. The Hall–Kier alpha value is -3.66. The number of nitrogens with zero attached hydrogens (tertiary/aromatic N) is 4. The minimum Gasteiger partial charge on any atom is -0.451 e. The van der Waals surface area contributed by atoms with Crippen molar-refractivity contribution in [2.75, 3.05) is 0 Å². The summed E-state index contributed by atoms with van der Waals surface area (Å²) in [5, 5.41) is 13.3. The first-order valence-corrected chi connectivity index (χ1v) is 9.78. The third kappa shape index (κ3) is 4.66. The number of aromatic nitrogens is 3. The molecule has 0 aliphatic heterocycles. The fourth-order valence-electron chi connectivity index (χ4n) is 3.17. The van der Waals surface area contributed by atoms with Gasteiger partial charge in [0.15, 0.2) is 6.61 Å². The highest BCUT2D eigenvalue weighted by Gasteiger charge is 2.16. The first-order valence-electron chi connectivity index (χ1n) is 9.78. The zero-order valence-corrected chi connectivity index (χ0v) is 17.6. The van der Waals surface area contributed by atoms with Crippen LogP contribution in [0.15, 0.2) is 40.4 Å². The van der Waals surface area contributed by atoms with Crippen LogP contribution in [0.1, 0.15) is 41.8 Å². The zero-order chi connectivity index (χ0) is 21.7. The summed E-state index contributed by atoms with van der Waals surface area (Å²) < 4.78 is 12.5. The van der Waals surface area contributed by atoms with Crippen molar-refractivity contribution in [3.8, 4) is 17.5 Å². The Morgan fingerprint density at radius 1 is 1.27 bits per heavy atom. The smallest absolute Gasteiger partial charge is 0.349 e. The standard InChI is InChI=1S/C23H24N4O3/c1-5-10-27-16(3)11-19(17(27)4)12-20(13-24)23(28)29-14-21-25-22(26-30-21)18-8-6-15(2)7-9-18/h6-9,11-12H,5,10,14H2,1-4H3/b20-12+. The minimum absolute atomic E-state index is 0.0787. The van der Waals surface area contributed by atoms with Crippen molar-refractivity contribution >= 4 is 12.0 Å². The van der Waals surface area contributed by atoms with E-state index in [4.69, 9.17) is 9.26 Å². The number of benzene rings is 1. The van der Waals surface area contributed by atoms with Crippen LogP contribution in [0, 0.1) is 32.1 Å². The van der Waals surface area contributed by atoms with Crippen LogP contribution in [0.5, 0.6) is 0 Å². The van der Waals surface area contributed by atoms with Crippen molar-refractivity contribution in [2.24, 2.45) is 0 Å². The summed E-state index contributed by atoms with van der Waals surface area (Å²) in [6.07, 6.45) is 2.56. The number of nitriles is 1. The summed E-state index contributed by atoms with van der Waals surface area (Å²) in [6, 6.07) is 11.6. The Bertz CT molecular complexity index is 1110. The molecule has 0 amide bonds. The third-order valence-electron chi connectivity index (χ3n) is 4.80. The summed E-state index contributed by atoms with van der Waals surface area (Å²) in [7, 11) is 0. The summed E-state index contributed by atoms with van der Waals surface area (Å²) in [5.74, 6) is -0.148. The molecule has 30 heavy (non-hydrogen) atoms. The molecule has 0 saturated heterocycles. The highest BCUT2D eigenvalue weighted by atomic mass is 16.6. The largest absolute Gasteiger partial charge is 0.451 e. The predicted octanol–water partition coefficient (Wildman–Crippen LogP) is 4.52. The van der Waals surface area contributed by atoms with Gasteiger partial charge in [-0.2, -0.15) is 10.2 Å². The lowest BCUT2D eigenvalue weighted by Gasteiger charge is -2.07. The zero-order valence-electron chi connectivity index (χ0n) is 17.6. The van der Waals surface area contributed by atoms with Gasteiger partial charge >= 0.3 is 5.97 Å². The van der Waals surface area contributed by atoms with Crippen LogP contribution in [0.3, 0.4) is 0 Å². The molecular weight excluding hydrogens is 380 g/mol. The van der Waals surface area contributed by atoms with Gasteiger partial charge in [0.2, 0.25) is 5.82 Å². The Labute approximate surface area is 175 Å². The molecule has 2 aromatic heterocycles. The molecule has 7 nitrogen and oxygen atoms in total. The molecule has 7 heteroatoms. The molecule has 0 aliphatic rings. The average molecular weight is 404 g/mol. The Morgan fingerprint density at radius 3 is 2.67 bits per heavy atom. The molecule has 2 heterocycles. The molecule has 0 fully saturated rings. The number of hydrogen-bond donors (Lipinski definition) is 0. The molecule has 0 saturated carbocycles. The summed E-state index contributed by atoms with van der Waals surface area (Å²) in [4.78, 5) is 16.6. The summed E-state index contributed by atoms with van der Waals surface area (Å²) >= 11 is 0. The van der Waals surface area contributed by atoms with Crippen molar-refractivity contribution in [3.05, 3.63) is 64.3 Å². The number of carbonyl (C=O) groups is 1. The van der Waals surface area contributed by atoms with Gasteiger partial charge in [-0.15, -0.1) is 0 Å². The molecule has 154 valence electrons. The number of ether oxygens (including phenoxy) is 1. The monoisotopic (exact) mass is 404 g/mol. The quantitative estimate of drug-likeness (QED) is 0.326.